The van der Waals surface area contributed by atoms with E-state index in [0.717, 1.165) is 56.8 Å². The van der Waals surface area contributed by atoms with Crippen LogP contribution >= 0.6 is 0 Å². The van der Waals surface area contributed by atoms with Crippen molar-refractivity contribution in [1.82, 2.24) is 14.9 Å². The molecule has 1 aromatic heterocycles. The summed E-state index contributed by atoms with van der Waals surface area (Å²) in [4.78, 5) is 38.9. The second-order valence-corrected chi connectivity index (χ2v) is 11.0. The summed E-state index contributed by atoms with van der Waals surface area (Å²) in [5.74, 6) is 0.977. The molecule has 2 amide bonds. The van der Waals surface area contributed by atoms with Crippen LogP contribution < -0.4 is 19.9 Å². The van der Waals surface area contributed by atoms with Gasteiger partial charge in [0.2, 0.25) is 5.91 Å². The first-order valence-corrected chi connectivity index (χ1v) is 13.9. The molecule has 1 unspecified atom stereocenters. The molecule has 2 aromatic carbocycles. The number of nitrogens with one attached hydrogen (secondary N) is 1. The average molecular weight is 561 g/mol. The van der Waals surface area contributed by atoms with Crippen LogP contribution in [0.2, 0.25) is 0 Å². The van der Waals surface area contributed by atoms with Crippen LogP contribution in [0.1, 0.15) is 30.9 Å². The van der Waals surface area contributed by atoms with Crippen LogP contribution in [0.25, 0.3) is 0 Å². The number of likely N-dealkylation sites (tertiary alicyclic amines) is 1. The van der Waals surface area contributed by atoms with Crippen LogP contribution in [0.5, 0.6) is 11.5 Å². The summed E-state index contributed by atoms with van der Waals surface area (Å²) in [6.07, 6.45) is 5.06. The first kappa shape index (κ1) is 26.9. The van der Waals surface area contributed by atoms with Crippen molar-refractivity contribution >= 4 is 29.2 Å². The Balaban J connectivity index is 1.16. The van der Waals surface area contributed by atoms with Gasteiger partial charge in [-0.3, -0.25) is 14.6 Å². The molecule has 0 bridgehead atoms. The standard InChI is InChI=1S/C30H33FN6O4/c1-3-37(29(39)40-2)24-14-22(31)6-7-25(24)41-26-15-32-19-33-28(26)36-11-9-30(18-36)8-10-35(17-30)16-20-4-5-21-13-27(38)34-23(21)12-20/h4-7,12,14-15,19H,3,8-11,13,16-18H2,1-2H3,(H,34,38). The van der Waals surface area contributed by atoms with Gasteiger partial charge in [-0.25, -0.2) is 19.2 Å². The third-order valence-corrected chi connectivity index (χ3v) is 8.26. The highest BCUT2D eigenvalue weighted by Crippen LogP contribution is 2.44. The minimum absolute atomic E-state index is 0.0539. The molecule has 2 fully saturated rings. The Labute approximate surface area is 238 Å². The summed E-state index contributed by atoms with van der Waals surface area (Å²) in [6.45, 7) is 6.52. The quantitative estimate of drug-likeness (QED) is 0.448. The van der Waals surface area contributed by atoms with Crippen molar-refractivity contribution in [3.05, 3.63) is 65.9 Å². The van der Waals surface area contributed by atoms with E-state index in [0.29, 0.717) is 23.7 Å². The lowest BCUT2D eigenvalue weighted by molar-refractivity contribution is -0.115. The number of rotatable bonds is 7. The molecule has 3 aliphatic rings. The number of methoxy groups -OCH3 is 1. The molecule has 0 saturated carbocycles. The fraction of sp³-hybridized carbons (Fsp3) is 0.400. The summed E-state index contributed by atoms with van der Waals surface area (Å²) >= 11 is 0. The molecule has 10 nitrogen and oxygen atoms in total. The van der Waals surface area contributed by atoms with Gasteiger partial charge in [-0.05, 0) is 55.6 Å². The van der Waals surface area contributed by atoms with E-state index in [2.05, 4.69) is 43.3 Å². The summed E-state index contributed by atoms with van der Waals surface area (Å²) in [6, 6.07) is 10.3. The molecule has 11 heteroatoms. The minimum atomic E-state index is -0.607. The number of halogens is 1. The average Bonchev–Trinajstić information content (AvgIpc) is 3.68. The van der Waals surface area contributed by atoms with E-state index in [1.165, 1.54) is 42.1 Å². The number of anilines is 3. The Hall–Kier alpha value is -4.25. The molecule has 0 aliphatic carbocycles. The van der Waals surface area contributed by atoms with Gasteiger partial charge < -0.3 is 19.7 Å². The number of carbonyl (C=O) groups is 2. The molecule has 0 radical (unpaired) electrons. The van der Waals surface area contributed by atoms with Crippen molar-refractivity contribution in [2.45, 2.75) is 32.7 Å². The maximum atomic E-state index is 14.2. The van der Waals surface area contributed by atoms with Crippen molar-refractivity contribution in [3.63, 3.8) is 0 Å². The Morgan fingerprint density at radius 3 is 2.83 bits per heavy atom. The number of hydrogen-bond acceptors (Lipinski definition) is 8. The smallest absolute Gasteiger partial charge is 0.414 e. The van der Waals surface area contributed by atoms with Crippen molar-refractivity contribution in [1.29, 1.82) is 0 Å². The minimum Gasteiger partial charge on any atom is -0.452 e. The lowest BCUT2D eigenvalue weighted by atomic mass is 9.86. The zero-order valence-corrected chi connectivity index (χ0v) is 23.2. The van der Waals surface area contributed by atoms with Crippen molar-refractivity contribution in [3.8, 4) is 11.5 Å². The summed E-state index contributed by atoms with van der Waals surface area (Å²) < 4.78 is 25.3. The van der Waals surface area contributed by atoms with E-state index in [4.69, 9.17) is 9.47 Å². The molecule has 2 saturated heterocycles. The molecule has 6 rings (SSSR count). The van der Waals surface area contributed by atoms with Gasteiger partial charge in [-0.15, -0.1) is 0 Å². The number of amides is 2. The normalized spacial score (nSPS) is 19.9. The highest BCUT2D eigenvalue weighted by molar-refractivity contribution is 5.99. The van der Waals surface area contributed by atoms with Crippen LogP contribution in [-0.2, 0) is 22.5 Å². The number of aromatic nitrogens is 2. The van der Waals surface area contributed by atoms with Crippen molar-refractivity contribution in [2.24, 2.45) is 5.41 Å². The van der Waals surface area contributed by atoms with E-state index in [9.17, 15) is 14.0 Å². The van der Waals surface area contributed by atoms with E-state index >= 15 is 0 Å². The second-order valence-electron chi connectivity index (χ2n) is 11.0. The van der Waals surface area contributed by atoms with Crippen LogP contribution in [0.15, 0.2) is 48.9 Å². The molecule has 41 heavy (non-hydrogen) atoms. The second kappa shape index (κ2) is 11.0. The van der Waals surface area contributed by atoms with E-state index < -0.39 is 11.9 Å². The van der Waals surface area contributed by atoms with Crippen LogP contribution in [0.3, 0.4) is 0 Å². The zero-order chi connectivity index (χ0) is 28.6. The molecule has 3 aliphatic heterocycles. The fourth-order valence-corrected chi connectivity index (χ4v) is 6.26. The summed E-state index contributed by atoms with van der Waals surface area (Å²) in [5, 5.41) is 2.95. The molecule has 214 valence electrons. The molecule has 4 heterocycles. The predicted octanol–water partition coefficient (Wildman–Crippen LogP) is 4.60. The fourth-order valence-electron chi connectivity index (χ4n) is 6.26. The SMILES string of the molecule is CCN(C(=O)OC)c1cc(F)ccc1Oc1cncnc1N1CCC2(CCN(Cc3ccc4c(c3)NC(=O)C4)C2)C1. The summed E-state index contributed by atoms with van der Waals surface area (Å²) in [5.41, 5.74) is 3.60. The van der Waals surface area contributed by atoms with E-state index in [1.54, 1.807) is 13.1 Å². The lowest BCUT2D eigenvalue weighted by Gasteiger charge is -2.26. The molecule has 1 spiro atoms. The Kier molecular flexibility index (Phi) is 7.21. The predicted molar refractivity (Wildman–Crippen MR) is 152 cm³/mol. The first-order valence-electron chi connectivity index (χ1n) is 13.9. The van der Waals surface area contributed by atoms with Gasteiger partial charge in [-0.2, -0.15) is 0 Å². The van der Waals surface area contributed by atoms with Crippen molar-refractivity contribution < 1.29 is 23.5 Å². The van der Waals surface area contributed by atoms with Gasteiger partial charge in [0.15, 0.2) is 17.3 Å². The number of nitrogens with zero attached hydrogens (tertiary/aromatic N) is 5. The highest BCUT2D eigenvalue weighted by Gasteiger charge is 2.44. The molecule has 3 aromatic rings. The topological polar surface area (TPSA) is 100 Å². The van der Waals surface area contributed by atoms with Gasteiger partial charge in [0.1, 0.15) is 12.1 Å². The lowest BCUT2D eigenvalue weighted by Crippen LogP contribution is -2.31. The van der Waals surface area contributed by atoms with E-state index in [1.807, 2.05) is 0 Å². The Morgan fingerprint density at radius 2 is 2.00 bits per heavy atom. The Bertz CT molecular complexity index is 1490. The number of carbonyl (C=O) groups excluding carboxylic acids is 2. The monoisotopic (exact) mass is 560 g/mol. The molecule has 1 N–H and O–H groups in total. The maximum Gasteiger partial charge on any atom is 0.414 e. The maximum absolute atomic E-state index is 14.2. The molecular formula is C30H33FN6O4. The van der Waals surface area contributed by atoms with Crippen LogP contribution in [0, 0.1) is 11.2 Å². The molecular weight excluding hydrogens is 527 g/mol. The van der Waals surface area contributed by atoms with Gasteiger partial charge in [0, 0.05) is 49.9 Å². The number of hydrogen-bond donors (Lipinski definition) is 1. The third-order valence-electron chi connectivity index (χ3n) is 8.26. The first-order chi connectivity index (χ1) is 19.9. The number of fused-ring (bicyclic) bond motifs is 1. The van der Waals surface area contributed by atoms with Crippen molar-refractivity contribution in [2.75, 3.05) is 55.0 Å². The third kappa shape index (κ3) is 5.41. The summed E-state index contributed by atoms with van der Waals surface area (Å²) in [7, 11) is 1.28. The number of ether oxygens (including phenoxy) is 2. The van der Waals surface area contributed by atoms with Gasteiger partial charge in [-0.1, -0.05) is 12.1 Å². The van der Waals surface area contributed by atoms with E-state index in [-0.39, 0.29) is 23.6 Å². The Morgan fingerprint density at radius 1 is 1.15 bits per heavy atom. The van der Waals surface area contributed by atoms with Crippen LogP contribution in [-0.4, -0.2) is 66.7 Å². The number of benzene rings is 2. The molecule has 1 atom stereocenters. The van der Waals surface area contributed by atoms with Gasteiger partial charge in [0.25, 0.3) is 0 Å². The highest BCUT2D eigenvalue weighted by atomic mass is 19.1. The van der Waals surface area contributed by atoms with Gasteiger partial charge in [0.05, 0.1) is 25.4 Å². The zero-order valence-electron chi connectivity index (χ0n) is 23.2. The van der Waals surface area contributed by atoms with Crippen LogP contribution in [0.4, 0.5) is 26.4 Å². The van der Waals surface area contributed by atoms with Gasteiger partial charge >= 0.3 is 6.09 Å². The largest absolute Gasteiger partial charge is 0.452 e.